The number of aromatic nitrogens is 2. The normalized spacial score (nSPS) is 18.5. The molecule has 0 bridgehead atoms. The fourth-order valence-electron chi connectivity index (χ4n) is 3.93. The molecule has 7 nitrogen and oxygen atoms in total. The number of anilines is 1. The van der Waals surface area contributed by atoms with Crippen LogP contribution in [-0.2, 0) is 19.1 Å². The summed E-state index contributed by atoms with van der Waals surface area (Å²) in [5, 5.41) is 0.523. The predicted molar refractivity (Wildman–Crippen MR) is 114 cm³/mol. The number of hydrogen-bond donors (Lipinski definition) is 0. The number of amides is 1. The van der Waals surface area contributed by atoms with Crippen LogP contribution in [0.5, 0.6) is 0 Å². The first kappa shape index (κ1) is 20.4. The van der Waals surface area contributed by atoms with Crippen LogP contribution in [0.25, 0.3) is 11.0 Å². The number of halogens is 1. The molecule has 1 amide bonds. The molecule has 30 heavy (non-hydrogen) atoms. The van der Waals surface area contributed by atoms with E-state index in [4.69, 9.17) is 26.1 Å². The minimum absolute atomic E-state index is 0.181. The Morgan fingerprint density at radius 3 is 2.73 bits per heavy atom. The molecule has 8 heteroatoms. The molecule has 0 fully saturated rings. The lowest BCUT2D eigenvalue weighted by atomic mass is 9.89. The van der Waals surface area contributed by atoms with Gasteiger partial charge in [0.25, 0.3) is 0 Å². The fourth-order valence-corrected chi connectivity index (χ4v) is 4.13. The summed E-state index contributed by atoms with van der Waals surface area (Å²) in [7, 11) is 1.56. The third kappa shape index (κ3) is 3.44. The Kier molecular flexibility index (Phi) is 5.74. The quantitative estimate of drug-likeness (QED) is 0.445. The van der Waals surface area contributed by atoms with Gasteiger partial charge in [0, 0.05) is 12.1 Å². The summed E-state index contributed by atoms with van der Waals surface area (Å²) in [4.78, 5) is 32.7. The van der Waals surface area contributed by atoms with Gasteiger partial charge in [0.05, 0.1) is 36.8 Å². The maximum absolute atomic E-state index is 13.5. The maximum atomic E-state index is 13.5. The summed E-state index contributed by atoms with van der Waals surface area (Å²) in [5.74, 6) is -1.52. The van der Waals surface area contributed by atoms with E-state index in [0.717, 1.165) is 16.6 Å². The number of imidazole rings is 1. The van der Waals surface area contributed by atoms with Gasteiger partial charge in [-0.25, -0.2) is 4.98 Å². The van der Waals surface area contributed by atoms with Crippen LogP contribution in [0.2, 0.25) is 5.02 Å². The number of rotatable bonds is 6. The molecule has 1 aromatic heterocycles. The first-order valence-corrected chi connectivity index (χ1v) is 10.1. The molecule has 0 unspecified atom stereocenters. The zero-order valence-corrected chi connectivity index (χ0v) is 17.5. The highest BCUT2D eigenvalue weighted by molar-refractivity contribution is 6.30. The van der Waals surface area contributed by atoms with Gasteiger partial charge in [-0.15, -0.1) is 0 Å². The average Bonchev–Trinajstić information content (AvgIpc) is 3.11. The molecular formula is C22H22ClN3O4. The molecule has 2 heterocycles. The van der Waals surface area contributed by atoms with Crippen molar-refractivity contribution in [2.75, 3.05) is 31.8 Å². The van der Waals surface area contributed by atoms with E-state index in [1.54, 1.807) is 32.2 Å². The number of esters is 1. The molecule has 1 aliphatic rings. The van der Waals surface area contributed by atoms with Crippen molar-refractivity contribution < 1.29 is 19.1 Å². The molecule has 4 rings (SSSR count). The van der Waals surface area contributed by atoms with Crippen molar-refractivity contribution in [3.05, 3.63) is 59.1 Å². The summed E-state index contributed by atoms with van der Waals surface area (Å²) in [5.41, 5.74) is 2.30. The Labute approximate surface area is 179 Å². The van der Waals surface area contributed by atoms with Gasteiger partial charge < -0.3 is 14.0 Å². The Morgan fingerprint density at radius 2 is 2.00 bits per heavy atom. The first-order chi connectivity index (χ1) is 14.6. The summed E-state index contributed by atoms with van der Waals surface area (Å²) in [6, 6.07) is 14.2. The first-order valence-electron chi connectivity index (χ1n) is 9.76. The van der Waals surface area contributed by atoms with Crippen LogP contribution in [0.1, 0.15) is 18.5 Å². The van der Waals surface area contributed by atoms with Crippen molar-refractivity contribution in [1.29, 1.82) is 0 Å². The van der Waals surface area contributed by atoms with Gasteiger partial charge in [-0.2, -0.15) is 0 Å². The van der Waals surface area contributed by atoms with Crippen molar-refractivity contribution in [1.82, 2.24) is 9.55 Å². The van der Waals surface area contributed by atoms with Crippen molar-refractivity contribution in [2.24, 2.45) is 5.92 Å². The van der Waals surface area contributed by atoms with E-state index in [2.05, 4.69) is 0 Å². The van der Waals surface area contributed by atoms with Crippen molar-refractivity contribution in [3.8, 4) is 0 Å². The predicted octanol–water partition coefficient (Wildman–Crippen LogP) is 3.45. The summed E-state index contributed by atoms with van der Waals surface area (Å²) >= 11 is 6.25. The molecule has 156 valence electrons. The number of benzene rings is 2. The van der Waals surface area contributed by atoms with Crippen molar-refractivity contribution in [2.45, 2.75) is 13.0 Å². The van der Waals surface area contributed by atoms with Crippen LogP contribution < -0.4 is 4.90 Å². The van der Waals surface area contributed by atoms with Crippen LogP contribution in [0.3, 0.4) is 0 Å². The lowest BCUT2D eigenvalue weighted by molar-refractivity contribution is -0.153. The smallest absolute Gasteiger partial charge is 0.321 e. The lowest BCUT2D eigenvalue weighted by Crippen LogP contribution is -2.51. The van der Waals surface area contributed by atoms with Crippen LogP contribution in [0.4, 0.5) is 5.95 Å². The topological polar surface area (TPSA) is 73.7 Å². The van der Waals surface area contributed by atoms with Gasteiger partial charge in [0.15, 0.2) is 5.92 Å². The van der Waals surface area contributed by atoms with Crippen LogP contribution in [-0.4, -0.2) is 48.3 Å². The number of ether oxygens (including phenoxy) is 2. The Morgan fingerprint density at radius 1 is 1.20 bits per heavy atom. The zero-order chi connectivity index (χ0) is 21.3. The second kappa shape index (κ2) is 8.45. The molecule has 0 N–H and O–H groups in total. The fraction of sp³-hybridized carbons (Fsp3) is 0.318. The zero-order valence-electron chi connectivity index (χ0n) is 16.7. The van der Waals surface area contributed by atoms with Crippen LogP contribution in [0, 0.1) is 5.92 Å². The van der Waals surface area contributed by atoms with Crippen LogP contribution in [0.15, 0.2) is 48.5 Å². The van der Waals surface area contributed by atoms with Gasteiger partial charge in [-0.05, 0) is 36.8 Å². The Hall–Kier alpha value is -2.90. The molecule has 0 radical (unpaired) electrons. The molecule has 1 aliphatic heterocycles. The van der Waals surface area contributed by atoms with E-state index in [-0.39, 0.29) is 19.1 Å². The number of hydrogen-bond acceptors (Lipinski definition) is 5. The van der Waals surface area contributed by atoms with Gasteiger partial charge >= 0.3 is 5.97 Å². The Balaban J connectivity index is 1.98. The van der Waals surface area contributed by atoms with Gasteiger partial charge in [-0.3, -0.25) is 14.5 Å². The number of fused-ring (bicyclic) bond motifs is 3. The lowest BCUT2D eigenvalue weighted by Gasteiger charge is -2.37. The molecule has 2 aromatic carbocycles. The third-order valence-electron chi connectivity index (χ3n) is 5.19. The standard InChI is InChI=1S/C22H22ClN3O4/c1-3-30-21(28)18-19(14-7-6-8-15(23)13-14)26-17-10-5-4-9-16(17)24-22(26)25(20(18)27)11-12-29-2/h4-10,13,18-19H,3,11-12H2,1-2H3/t18-,19-/m0/s1. The van der Waals surface area contributed by atoms with Crippen molar-refractivity contribution >= 4 is 40.5 Å². The highest BCUT2D eigenvalue weighted by Gasteiger charge is 2.47. The minimum atomic E-state index is -1.06. The molecular weight excluding hydrogens is 406 g/mol. The number of methoxy groups -OCH3 is 1. The maximum Gasteiger partial charge on any atom is 0.321 e. The van der Waals surface area contributed by atoms with Gasteiger partial charge in [0.1, 0.15) is 0 Å². The average molecular weight is 428 g/mol. The largest absolute Gasteiger partial charge is 0.465 e. The van der Waals surface area contributed by atoms with Gasteiger partial charge in [-0.1, -0.05) is 35.9 Å². The molecule has 0 aliphatic carbocycles. The highest BCUT2D eigenvalue weighted by atomic mass is 35.5. The van der Waals surface area contributed by atoms with E-state index >= 15 is 0 Å². The number of carbonyl (C=O) groups is 2. The minimum Gasteiger partial charge on any atom is -0.465 e. The Bertz CT molecular complexity index is 1100. The van der Waals surface area contributed by atoms with Crippen molar-refractivity contribution in [3.63, 3.8) is 0 Å². The number of para-hydroxylation sites is 2. The van der Waals surface area contributed by atoms with Gasteiger partial charge in [0.2, 0.25) is 11.9 Å². The molecule has 2 atom stereocenters. The van der Waals surface area contributed by atoms with E-state index in [1.165, 1.54) is 4.90 Å². The number of carbonyl (C=O) groups excluding carboxylic acids is 2. The van der Waals surface area contributed by atoms with E-state index in [0.29, 0.717) is 17.6 Å². The molecule has 0 saturated heterocycles. The SMILES string of the molecule is CCOC(=O)[C@@H]1C(=O)N(CCOC)c2nc3ccccc3n2[C@H]1c1cccc(Cl)c1. The number of nitrogens with zero attached hydrogens (tertiary/aromatic N) is 3. The molecule has 0 spiro atoms. The van der Waals surface area contributed by atoms with E-state index < -0.39 is 17.9 Å². The molecule has 3 aromatic rings. The summed E-state index contributed by atoms with van der Waals surface area (Å²) in [6.07, 6.45) is 0. The second-order valence-electron chi connectivity index (χ2n) is 6.98. The highest BCUT2D eigenvalue weighted by Crippen LogP contribution is 2.41. The molecule has 0 saturated carbocycles. The second-order valence-corrected chi connectivity index (χ2v) is 7.42. The monoisotopic (exact) mass is 427 g/mol. The third-order valence-corrected chi connectivity index (χ3v) is 5.43. The van der Waals surface area contributed by atoms with Crippen LogP contribution >= 0.6 is 11.6 Å². The summed E-state index contributed by atoms with van der Waals surface area (Å²) < 4.78 is 12.4. The van der Waals surface area contributed by atoms with E-state index in [1.807, 2.05) is 34.9 Å². The summed E-state index contributed by atoms with van der Waals surface area (Å²) in [6.45, 7) is 2.49. The van der Waals surface area contributed by atoms with E-state index in [9.17, 15) is 9.59 Å².